The fraction of sp³-hybridized carbons (Fsp3) is 0.500. The fourth-order valence-electron chi connectivity index (χ4n) is 5.09. The summed E-state index contributed by atoms with van der Waals surface area (Å²) in [5.41, 5.74) is 3.63. The Morgan fingerprint density at radius 1 is 1.22 bits per heavy atom. The molecule has 0 bridgehead atoms. The molecule has 2 aromatic rings. The number of carbonyl (C=O) groups is 1. The Hall–Kier alpha value is -2.54. The van der Waals surface area contributed by atoms with Crippen molar-refractivity contribution >= 4 is 12.0 Å². The average molecular weight is 496 g/mol. The van der Waals surface area contributed by atoms with Crippen molar-refractivity contribution in [2.45, 2.75) is 64.2 Å². The van der Waals surface area contributed by atoms with Gasteiger partial charge in [0.25, 0.3) is 0 Å². The Balaban J connectivity index is 1.35. The third-order valence-electron chi connectivity index (χ3n) is 7.16. The Morgan fingerprint density at radius 2 is 2.03 bits per heavy atom. The number of ether oxygens (including phenoxy) is 2. The number of nitrogens with zero attached hydrogens (tertiary/aromatic N) is 1. The normalized spacial score (nSPS) is 20.1. The fourth-order valence-corrected chi connectivity index (χ4v) is 5.09. The summed E-state index contributed by atoms with van der Waals surface area (Å²) in [5, 5.41) is 10.9. The van der Waals surface area contributed by atoms with E-state index >= 15 is 0 Å². The number of benzene rings is 2. The van der Waals surface area contributed by atoms with Crippen LogP contribution in [0.15, 0.2) is 48.5 Å². The van der Waals surface area contributed by atoms with Gasteiger partial charge in [-0.25, -0.2) is 9.18 Å². The van der Waals surface area contributed by atoms with Crippen molar-refractivity contribution in [3.8, 4) is 0 Å². The number of aliphatic hydroxyl groups excluding tert-OH is 1. The van der Waals surface area contributed by atoms with Crippen LogP contribution in [0, 0.1) is 18.7 Å². The first kappa shape index (κ1) is 26.5. The second-order valence-electron chi connectivity index (χ2n) is 10.0. The molecule has 1 N–H and O–H groups in total. The molecular formula is C30H38FNO4. The molecule has 0 unspecified atom stereocenters. The smallest absolute Gasteiger partial charge is 0.330 e. The number of β-amino-alcohol motifs (C(OH)–C–C–N with tert-alkyl or cyclic N) is 1. The third-order valence-corrected chi connectivity index (χ3v) is 7.16. The van der Waals surface area contributed by atoms with Gasteiger partial charge in [-0.2, -0.15) is 0 Å². The van der Waals surface area contributed by atoms with Crippen molar-refractivity contribution in [2.75, 3.05) is 26.3 Å². The lowest BCUT2D eigenvalue weighted by molar-refractivity contribution is -0.137. The topological polar surface area (TPSA) is 59.0 Å². The molecule has 0 amide bonds. The molecule has 3 atom stereocenters. The summed E-state index contributed by atoms with van der Waals surface area (Å²) in [7, 11) is 0. The molecule has 0 spiro atoms. The van der Waals surface area contributed by atoms with E-state index in [1.807, 2.05) is 36.4 Å². The lowest BCUT2D eigenvalue weighted by Gasteiger charge is -2.28. The molecule has 1 heterocycles. The summed E-state index contributed by atoms with van der Waals surface area (Å²) in [5.74, 6) is -0.0977. The van der Waals surface area contributed by atoms with E-state index in [-0.39, 0.29) is 24.5 Å². The highest BCUT2D eigenvalue weighted by Gasteiger charge is 2.35. The van der Waals surface area contributed by atoms with Crippen LogP contribution in [-0.2, 0) is 20.7 Å². The van der Waals surface area contributed by atoms with Crippen LogP contribution in [0.5, 0.6) is 0 Å². The van der Waals surface area contributed by atoms with E-state index in [0.29, 0.717) is 30.7 Å². The number of likely N-dealkylation sites (tertiary alicyclic amines) is 1. The average Bonchev–Trinajstić information content (AvgIpc) is 3.61. The first-order valence-electron chi connectivity index (χ1n) is 13.2. The Bertz CT molecular complexity index is 1050. The monoisotopic (exact) mass is 495 g/mol. The van der Waals surface area contributed by atoms with E-state index < -0.39 is 6.10 Å². The largest absolute Gasteiger partial charge is 0.463 e. The molecule has 6 heteroatoms. The highest BCUT2D eigenvalue weighted by molar-refractivity contribution is 5.87. The van der Waals surface area contributed by atoms with Crippen LogP contribution in [0.2, 0.25) is 0 Å². The molecule has 1 aliphatic carbocycles. The molecular weight excluding hydrogens is 457 g/mol. The van der Waals surface area contributed by atoms with Gasteiger partial charge in [-0.1, -0.05) is 36.4 Å². The summed E-state index contributed by atoms with van der Waals surface area (Å²) in [6, 6.07) is 13.7. The molecule has 2 aliphatic rings. The van der Waals surface area contributed by atoms with Crippen LogP contribution in [-0.4, -0.2) is 54.4 Å². The van der Waals surface area contributed by atoms with Crippen LogP contribution < -0.4 is 0 Å². The van der Waals surface area contributed by atoms with Crippen molar-refractivity contribution < 1.29 is 23.8 Å². The van der Waals surface area contributed by atoms with Crippen LogP contribution in [0.1, 0.15) is 61.0 Å². The van der Waals surface area contributed by atoms with Gasteiger partial charge in [0.15, 0.2) is 0 Å². The second-order valence-corrected chi connectivity index (χ2v) is 10.0. The number of carbonyl (C=O) groups excluding carboxylic acids is 1. The molecule has 2 fully saturated rings. The second kappa shape index (κ2) is 12.6. The SMILES string of the molecule is CCOC(=O)/C=C/c1ccccc1[C@@H](OC[C@H](O)CN1CCC[C@H]1Cc1ccc(C)c(F)c1)C1CC1. The molecule has 194 valence electrons. The van der Waals surface area contributed by atoms with Gasteiger partial charge in [0.2, 0.25) is 0 Å². The molecule has 0 radical (unpaired) electrons. The first-order chi connectivity index (χ1) is 17.4. The van der Waals surface area contributed by atoms with E-state index in [0.717, 1.165) is 55.3 Å². The molecule has 2 aromatic carbocycles. The third kappa shape index (κ3) is 7.25. The van der Waals surface area contributed by atoms with E-state index in [1.165, 1.54) is 6.08 Å². The lowest BCUT2D eigenvalue weighted by atomic mass is 9.98. The molecule has 4 rings (SSSR count). The summed E-state index contributed by atoms with van der Waals surface area (Å²) < 4.78 is 25.3. The van der Waals surface area contributed by atoms with Crippen LogP contribution >= 0.6 is 0 Å². The number of esters is 1. The van der Waals surface area contributed by atoms with Crippen LogP contribution in [0.4, 0.5) is 4.39 Å². The lowest BCUT2D eigenvalue weighted by Crippen LogP contribution is -2.39. The number of rotatable bonds is 12. The van der Waals surface area contributed by atoms with Crippen LogP contribution in [0.25, 0.3) is 6.08 Å². The van der Waals surface area contributed by atoms with Gasteiger partial charge in [-0.05, 0) is 92.8 Å². The Labute approximate surface area is 213 Å². The maximum atomic E-state index is 14.0. The Morgan fingerprint density at radius 3 is 2.78 bits per heavy atom. The quantitative estimate of drug-likeness (QED) is 0.322. The van der Waals surface area contributed by atoms with Crippen molar-refractivity contribution in [1.29, 1.82) is 0 Å². The maximum Gasteiger partial charge on any atom is 0.330 e. The first-order valence-corrected chi connectivity index (χ1v) is 13.2. The zero-order chi connectivity index (χ0) is 25.5. The molecule has 0 aromatic heterocycles. The van der Waals surface area contributed by atoms with Crippen molar-refractivity contribution in [2.24, 2.45) is 5.92 Å². The van der Waals surface area contributed by atoms with Crippen molar-refractivity contribution in [1.82, 2.24) is 4.90 Å². The minimum absolute atomic E-state index is 0.118. The van der Waals surface area contributed by atoms with E-state index in [9.17, 15) is 14.3 Å². The highest BCUT2D eigenvalue weighted by Crippen LogP contribution is 2.44. The van der Waals surface area contributed by atoms with Gasteiger partial charge in [-0.3, -0.25) is 4.90 Å². The predicted molar refractivity (Wildman–Crippen MR) is 139 cm³/mol. The Kier molecular flexibility index (Phi) is 9.30. The van der Waals surface area contributed by atoms with Gasteiger partial charge in [0, 0.05) is 18.7 Å². The number of halogens is 1. The molecule has 5 nitrogen and oxygen atoms in total. The summed E-state index contributed by atoms with van der Waals surface area (Å²) >= 11 is 0. The molecule has 36 heavy (non-hydrogen) atoms. The minimum atomic E-state index is -0.608. The number of aliphatic hydroxyl groups is 1. The number of hydrogen-bond donors (Lipinski definition) is 1. The van der Waals surface area contributed by atoms with Gasteiger partial charge < -0.3 is 14.6 Å². The van der Waals surface area contributed by atoms with Crippen molar-refractivity contribution in [3.63, 3.8) is 0 Å². The van der Waals surface area contributed by atoms with E-state index in [4.69, 9.17) is 9.47 Å². The van der Waals surface area contributed by atoms with E-state index in [1.54, 1.807) is 26.0 Å². The van der Waals surface area contributed by atoms with Gasteiger partial charge in [0.1, 0.15) is 5.82 Å². The zero-order valence-electron chi connectivity index (χ0n) is 21.4. The maximum absolute atomic E-state index is 14.0. The van der Waals surface area contributed by atoms with Crippen LogP contribution in [0.3, 0.4) is 0 Å². The van der Waals surface area contributed by atoms with Gasteiger partial charge in [0.05, 0.1) is 25.4 Å². The zero-order valence-corrected chi connectivity index (χ0v) is 21.4. The number of hydrogen-bond acceptors (Lipinski definition) is 5. The minimum Gasteiger partial charge on any atom is -0.463 e. The molecule has 1 aliphatic heterocycles. The van der Waals surface area contributed by atoms with E-state index in [2.05, 4.69) is 4.90 Å². The van der Waals surface area contributed by atoms with Gasteiger partial charge in [-0.15, -0.1) is 0 Å². The summed E-state index contributed by atoms with van der Waals surface area (Å²) in [6.45, 7) is 5.64. The number of aryl methyl sites for hydroxylation is 1. The summed E-state index contributed by atoms with van der Waals surface area (Å²) in [4.78, 5) is 14.1. The predicted octanol–water partition coefficient (Wildman–Crippen LogP) is 5.25. The highest BCUT2D eigenvalue weighted by atomic mass is 19.1. The molecule has 1 saturated heterocycles. The van der Waals surface area contributed by atoms with Crippen molar-refractivity contribution in [3.05, 3.63) is 76.6 Å². The molecule has 1 saturated carbocycles. The standard InChI is InChI=1S/C30H38FNO4/c1-3-35-29(34)15-14-23-7-4-5-9-27(23)30(24-12-13-24)36-20-26(33)19-32-16-6-8-25(32)17-22-11-10-21(2)28(31)18-22/h4-5,7,9-11,14-15,18,24-26,30,33H,3,6,8,12-13,16-17,19-20H2,1-2H3/b15-14+/t25-,26+,30-/m0/s1. The summed E-state index contributed by atoms with van der Waals surface area (Å²) in [6.07, 6.45) is 7.62. The van der Waals surface area contributed by atoms with Gasteiger partial charge >= 0.3 is 5.97 Å².